The van der Waals surface area contributed by atoms with E-state index in [-0.39, 0.29) is 12.0 Å². The van der Waals surface area contributed by atoms with E-state index in [1.54, 1.807) is 12.0 Å². The number of piperidine rings is 1. The summed E-state index contributed by atoms with van der Waals surface area (Å²) < 4.78 is 10.7. The van der Waals surface area contributed by atoms with Gasteiger partial charge in [0.15, 0.2) is 0 Å². The lowest BCUT2D eigenvalue weighted by molar-refractivity contribution is 0.00738. The van der Waals surface area contributed by atoms with Crippen molar-refractivity contribution in [3.63, 3.8) is 0 Å². The second kappa shape index (κ2) is 7.21. The molecule has 1 heterocycles. The van der Waals surface area contributed by atoms with E-state index in [2.05, 4.69) is 0 Å². The van der Waals surface area contributed by atoms with E-state index in [0.29, 0.717) is 18.8 Å². The Kier molecular flexibility index (Phi) is 5.52. The molecule has 1 aromatic rings. The predicted octanol–water partition coefficient (Wildman–Crippen LogP) is 3.38. The zero-order valence-corrected chi connectivity index (χ0v) is 14.4. The summed E-state index contributed by atoms with van der Waals surface area (Å²) in [6, 6.07) is 7.54. The van der Waals surface area contributed by atoms with Gasteiger partial charge >= 0.3 is 6.09 Å². The van der Waals surface area contributed by atoms with Gasteiger partial charge in [0.25, 0.3) is 0 Å². The normalized spacial score (nSPS) is 17.7. The molecule has 1 N–H and O–H groups in total. The van der Waals surface area contributed by atoms with Gasteiger partial charge in [0.05, 0.1) is 13.2 Å². The lowest BCUT2D eigenvalue weighted by atomic mass is 9.87. The first-order valence-electron chi connectivity index (χ1n) is 8.10. The fourth-order valence-corrected chi connectivity index (χ4v) is 2.89. The summed E-state index contributed by atoms with van der Waals surface area (Å²) in [4.78, 5) is 13.8. The number of nitrogens with zero attached hydrogens (tertiary/aromatic N) is 1. The maximum absolute atomic E-state index is 12.1. The fourth-order valence-electron chi connectivity index (χ4n) is 2.89. The largest absolute Gasteiger partial charge is 0.496 e. The van der Waals surface area contributed by atoms with Crippen molar-refractivity contribution in [2.75, 3.05) is 20.2 Å². The van der Waals surface area contributed by atoms with Gasteiger partial charge in [0, 0.05) is 18.7 Å². The highest BCUT2D eigenvalue weighted by atomic mass is 16.6. The number of carbonyl (C=O) groups excluding carboxylic acids is 1. The molecule has 0 saturated carbocycles. The molecule has 1 saturated heterocycles. The smallest absolute Gasteiger partial charge is 0.410 e. The molecular weight excluding hydrogens is 294 g/mol. The first-order chi connectivity index (χ1) is 10.8. The van der Waals surface area contributed by atoms with Gasteiger partial charge in [-0.05, 0) is 45.6 Å². The Hall–Kier alpha value is -1.75. The molecule has 1 fully saturated rings. The molecule has 0 spiro atoms. The van der Waals surface area contributed by atoms with Crippen LogP contribution in [0.15, 0.2) is 24.3 Å². The van der Waals surface area contributed by atoms with Gasteiger partial charge in [-0.2, -0.15) is 0 Å². The summed E-state index contributed by atoms with van der Waals surface area (Å²) in [5.74, 6) is 0.819. The fraction of sp³-hybridized carbons (Fsp3) is 0.611. The quantitative estimate of drug-likeness (QED) is 0.927. The van der Waals surface area contributed by atoms with Crippen LogP contribution in [-0.4, -0.2) is 41.9 Å². The summed E-state index contributed by atoms with van der Waals surface area (Å²) >= 11 is 0. The third-order valence-corrected chi connectivity index (χ3v) is 4.10. The molecule has 0 aliphatic carbocycles. The van der Waals surface area contributed by atoms with Crippen molar-refractivity contribution < 1.29 is 19.4 Å². The third-order valence-electron chi connectivity index (χ3n) is 4.10. The van der Waals surface area contributed by atoms with Gasteiger partial charge in [-0.3, -0.25) is 0 Å². The van der Waals surface area contributed by atoms with Crippen LogP contribution < -0.4 is 4.74 Å². The molecule has 1 aliphatic rings. The molecule has 1 aliphatic heterocycles. The highest BCUT2D eigenvalue weighted by molar-refractivity contribution is 5.68. The zero-order chi connectivity index (χ0) is 17.0. The van der Waals surface area contributed by atoms with Gasteiger partial charge < -0.3 is 19.5 Å². The van der Waals surface area contributed by atoms with E-state index in [9.17, 15) is 9.90 Å². The van der Waals surface area contributed by atoms with E-state index in [0.717, 1.165) is 18.4 Å². The third kappa shape index (κ3) is 4.61. The molecule has 1 amide bonds. The summed E-state index contributed by atoms with van der Waals surface area (Å²) in [6.45, 7) is 6.80. The minimum absolute atomic E-state index is 0.116. The van der Waals surface area contributed by atoms with Crippen molar-refractivity contribution >= 4 is 6.09 Å². The standard InChI is InChI=1S/C18H27NO4/c1-18(2,3)23-17(21)19-11-9-13(10-12-19)16(20)14-7-5-6-8-15(14)22-4/h5-8,13,16,20H,9-12H2,1-4H3. The van der Waals surface area contributed by atoms with Crippen LogP contribution in [0, 0.1) is 5.92 Å². The van der Waals surface area contributed by atoms with Crippen molar-refractivity contribution in [3.05, 3.63) is 29.8 Å². The Labute approximate surface area is 138 Å². The van der Waals surface area contributed by atoms with Crippen molar-refractivity contribution in [2.45, 2.75) is 45.3 Å². The predicted molar refractivity (Wildman–Crippen MR) is 88.5 cm³/mol. The van der Waals surface area contributed by atoms with E-state index in [1.807, 2.05) is 45.0 Å². The average Bonchev–Trinajstić information content (AvgIpc) is 2.52. The van der Waals surface area contributed by atoms with Crippen LogP contribution >= 0.6 is 0 Å². The number of aliphatic hydroxyl groups is 1. The lowest BCUT2D eigenvalue weighted by Gasteiger charge is -2.35. The molecule has 1 atom stereocenters. The minimum Gasteiger partial charge on any atom is -0.496 e. The highest BCUT2D eigenvalue weighted by Gasteiger charge is 2.31. The van der Waals surface area contributed by atoms with E-state index in [1.165, 1.54) is 0 Å². The molecule has 1 aromatic carbocycles. The number of likely N-dealkylation sites (tertiary alicyclic amines) is 1. The van der Waals surface area contributed by atoms with Gasteiger partial charge in [0.1, 0.15) is 11.4 Å². The number of ether oxygens (including phenoxy) is 2. The first kappa shape index (κ1) is 17.6. The summed E-state index contributed by atoms with van der Waals surface area (Å²) in [5, 5.41) is 10.7. The van der Waals surface area contributed by atoms with Gasteiger partial charge in [-0.1, -0.05) is 18.2 Å². The maximum Gasteiger partial charge on any atom is 0.410 e. The molecule has 0 aromatic heterocycles. The summed E-state index contributed by atoms with van der Waals surface area (Å²) in [7, 11) is 1.61. The molecule has 5 heteroatoms. The van der Waals surface area contributed by atoms with Crippen LogP contribution in [0.4, 0.5) is 4.79 Å². The molecule has 2 rings (SSSR count). The average molecular weight is 321 g/mol. The lowest BCUT2D eigenvalue weighted by Crippen LogP contribution is -2.42. The van der Waals surface area contributed by atoms with E-state index < -0.39 is 11.7 Å². The molecule has 128 valence electrons. The maximum atomic E-state index is 12.1. The Balaban J connectivity index is 1.95. The first-order valence-corrected chi connectivity index (χ1v) is 8.10. The topological polar surface area (TPSA) is 59.0 Å². The van der Waals surface area contributed by atoms with Crippen LogP contribution in [0.2, 0.25) is 0 Å². The van der Waals surface area contributed by atoms with E-state index in [4.69, 9.17) is 9.47 Å². The van der Waals surface area contributed by atoms with Crippen molar-refractivity contribution in [1.82, 2.24) is 4.90 Å². The monoisotopic (exact) mass is 321 g/mol. The Morgan fingerprint density at radius 1 is 1.26 bits per heavy atom. The van der Waals surface area contributed by atoms with Gasteiger partial charge in [-0.25, -0.2) is 4.79 Å². The SMILES string of the molecule is COc1ccccc1C(O)C1CCN(C(=O)OC(C)(C)C)CC1. The Morgan fingerprint density at radius 2 is 1.87 bits per heavy atom. The van der Waals surface area contributed by atoms with Crippen LogP contribution in [-0.2, 0) is 4.74 Å². The van der Waals surface area contributed by atoms with Crippen molar-refractivity contribution in [3.8, 4) is 5.75 Å². The molecule has 5 nitrogen and oxygen atoms in total. The Bertz CT molecular complexity index is 530. The highest BCUT2D eigenvalue weighted by Crippen LogP contribution is 2.35. The Morgan fingerprint density at radius 3 is 2.43 bits per heavy atom. The van der Waals surface area contributed by atoms with Crippen LogP contribution in [0.5, 0.6) is 5.75 Å². The van der Waals surface area contributed by atoms with Gasteiger partial charge in [0.2, 0.25) is 0 Å². The summed E-state index contributed by atoms with van der Waals surface area (Å²) in [6.07, 6.45) is 0.645. The number of benzene rings is 1. The van der Waals surface area contributed by atoms with E-state index >= 15 is 0 Å². The van der Waals surface area contributed by atoms with Crippen LogP contribution in [0.1, 0.15) is 45.3 Å². The summed E-state index contributed by atoms with van der Waals surface area (Å²) in [5.41, 5.74) is 0.330. The number of para-hydroxylation sites is 1. The van der Waals surface area contributed by atoms with Gasteiger partial charge in [-0.15, -0.1) is 0 Å². The van der Waals surface area contributed by atoms with Crippen molar-refractivity contribution in [2.24, 2.45) is 5.92 Å². The number of hydrogen-bond donors (Lipinski definition) is 1. The number of amides is 1. The molecular formula is C18H27NO4. The molecule has 0 radical (unpaired) electrons. The molecule has 23 heavy (non-hydrogen) atoms. The number of aliphatic hydroxyl groups excluding tert-OH is 1. The van der Waals surface area contributed by atoms with Crippen LogP contribution in [0.3, 0.4) is 0 Å². The zero-order valence-electron chi connectivity index (χ0n) is 14.4. The number of carbonyl (C=O) groups is 1. The minimum atomic E-state index is -0.577. The number of rotatable bonds is 3. The number of methoxy groups -OCH3 is 1. The van der Waals surface area contributed by atoms with Crippen LogP contribution in [0.25, 0.3) is 0 Å². The number of hydrogen-bond acceptors (Lipinski definition) is 4. The molecule has 0 bridgehead atoms. The molecule has 1 unspecified atom stereocenters. The second-order valence-electron chi connectivity index (χ2n) is 6.99. The second-order valence-corrected chi connectivity index (χ2v) is 6.99. The van der Waals surface area contributed by atoms with Crippen molar-refractivity contribution in [1.29, 1.82) is 0 Å².